The third-order valence-corrected chi connectivity index (χ3v) is 4.19. The minimum Gasteiger partial charge on any atom is -0.485 e. The van der Waals surface area contributed by atoms with Crippen LogP contribution in [-0.4, -0.2) is 15.9 Å². The van der Waals surface area contributed by atoms with E-state index in [0.29, 0.717) is 11.6 Å². The molecule has 1 aromatic carbocycles. The van der Waals surface area contributed by atoms with Gasteiger partial charge in [-0.2, -0.15) is 0 Å². The summed E-state index contributed by atoms with van der Waals surface area (Å²) in [5.74, 6) is 0.733. The molecule has 0 aliphatic heterocycles. The van der Waals surface area contributed by atoms with Gasteiger partial charge in [0.1, 0.15) is 12.4 Å². The highest BCUT2D eigenvalue weighted by molar-refractivity contribution is 7.15. The zero-order valence-electron chi connectivity index (χ0n) is 11.7. The second-order valence-corrected chi connectivity index (χ2v) is 5.90. The van der Waals surface area contributed by atoms with Crippen LogP contribution in [0.4, 0.5) is 0 Å². The van der Waals surface area contributed by atoms with Gasteiger partial charge in [-0.05, 0) is 12.6 Å². The van der Waals surface area contributed by atoms with Crippen LogP contribution in [0.15, 0.2) is 36.0 Å². The van der Waals surface area contributed by atoms with Gasteiger partial charge in [0.05, 0.1) is 10.7 Å². The first kappa shape index (κ1) is 14.4. The first-order valence-corrected chi connectivity index (χ1v) is 8.05. The van der Waals surface area contributed by atoms with Crippen molar-refractivity contribution in [2.45, 2.75) is 20.1 Å². The van der Waals surface area contributed by atoms with Crippen molar-refractivity contribution in [2.24, 2.45) is 0 Å². The van der Waals surface area contributed by atoms with Crippen LogP contribution in [0.5, 0.6) is 5.75 Å². The lowest BCUT2D eigenvalue weighted by molar-refractivity contribution is 0.298. The molecule has 0 atom stereocenters. The van der Waals surface area contributed by atoms with Gasteiger partial charge in [-0.3, -0.25) is 4.40 Å². The number of nitrogens with zero attached hydrogens (tertiary/aromatic N) is 2. The van der Waals surface area contributed by atoms with Crippen molar-refractivity contribution in [1.82, 2.24) is 14.7 Å². The van der Waals surface area contributed by atoms with Gasteiger partial charge in [0.15, 0.2) is 4.96 Å². The van der Waals surface area contributed by atoms with Crippen LogP contribution in [0.1, 0.15) is 18.2 Å². The summed E-state index contributed by atoms with van der Waals surface area (Å²) >= 11 is 7.86. The Morgan fingerprint density at radius 2 is 2.33 bits per heavy atom. The van der Waals surface area contributed by atoms with E-state index in [1.54, 1.807) is 11.3 Å². The van der Waals surface area contributed by atoms with Gasteiger partial charge in [-0.25, -0.2) is 4.98 Å². The molecule has 4 nitrogen and oxygen atoms in total. The van der Waals surface area contributed by atoms with Gasteiger partial charge < -0.3 is 10.1 Å². The molecule has 3 aromatic rings. The monoisotopic (exact) mass is 321 g/mol. The summed E-state index contributed by atoms with van der Waals surface area (Å²) in [5, 5.41) is 5.93. The number of aromatic nitrogens is 2. The highest BCUT2D eigenvalue weighted by Crippen LogP contribution is 2.29. The number of imidazole rings is 1. The van der Waals surface area contributed by atoms with Crippen LogP contribution in [0.2, 0.25) is 5.02 Å². The first-order chi connectivity index (χ1) is 10.3. The molecule has 0 radical (unpaired) electrons. The van der Waals surface area contributed by atoms with Gasteiger partial charge in [0.25, 0.3) is 0 Å². The fraction of sp³-hybridized carbons (Fsp3) is 0.267. The van der Waals surface area contributed by atoms with Crippen molar-refractivity contribution >= 4 is 27.9 Å². The number of hydrogen-bond acceptors (Lipinski definition) is 4. The Hall–Kier alpha value is -1.56. The summed E-state index contributed by atoms with van der Waals surface area (Å²) in [6, 6.07) is 5.81. The number of para-hydroxylation sites is 1. The molecule has 0 spiro atoms. The van der Waals surface area contributed by atoms with Crippen molar-refractivity contribution in [3.8, 4) is 5.75 Å². The molecule has 0 saturated carbocycles. The standard InChI is InChI=1S/C15H16ClN3OS/c1-2-17-8-11-4-3-5-13(16)14(11)20-10-12-9-19-6-7-21-15(19)18-12/h3-7,9,17H,2,8,10H2,1H3. The Bertz CT molecular complexity index is 709. The van der Waals surface area contributed by atoms with Crippen molar-refractivity contribution < 1.29 is 4.74 Å². The average molecular weight is 322 g/mol. The van der Waals surface area contributed by atoms with E-state index in [-0.39, 0.29) is 0 Å². The van der Waals surface area contributed by atoms with E-state index in [1.807, 2.05) is 40.4 Å². The van der Waals surface area contributed by atoms with Crippen LogP contribution in [-0.2, 0) is 13.2 Å². The molecule has 0 bridgehead atoms. The molecule has 6 heteroatoms. The summed E-state index contributed by atoms with van der Waals surface area (Å²) in [7, 11) is 0. The number of benzene rings is 1. The number of rotatable bonds is 6. The maximum atomic E-state index is 6.26. The summed E-state index contributed by atoms with van der Waals surface area (Å²) in [4.78, 5) is 5.48. The fourth-order valence-corrected chi connectivity index (χ4v) is 3.07. The maximum absolute atomic E-state index is 6.26. The molecule has 0 amide bonds. The van der Waals surface area contributed by atoms with Crippen molar-refractivity contribution in [2.75, 3.05) is 6.54 Å². The normalized spacial score (nSPS) is 11.1. The van der Waals surface area contributed by atoms with E-state index in [1.165, 1.54) is 0 Å². The Labute approximate surface area is 132 Å². The smallest absolute Gasteiger partial charge is 0.193 e. The number of hydrogen-bond donors (Lipinski definition) is 1. The molecule has 110 valence electrons. The molecular weight excluding hydrogens is 306 g/mol. The summed E-state index contributed by atoms with van der Waals surface area (Å²) in [5.41, 5.74) is 1.96. The first-order valence-electron chi connectivity index (χ1n) is 6.80. The quantitative estimate of drug-likeness (QED) is 0.751. The second-order valence-electron chi connectivity index (χ2n) is 4.62. The van der Waals surface area contributed by atoms with Gasteiger partial charge in [0, 0.05) is 29.9 Å². The van der Waals surface area contributed by atoms with E-state index >= 15 is 0 Å². The SMILES string of the molecule is CCNCc1cccc(Cl)c1OCc1cn2ccsc2n1. The molecule has 0 fully saturated rings. The van der Waals surface area contributed by atoms with Gasteiger partial charge in [-0.1, -0.05) is 30.7 Å². The van der Waals surface area contributed by atoms with E-state index in [9.17, 15) is 0 Å². The Kier molecular flexibility index (Phi) is 4.43. The molecule has 0 aliphatic rings. The van der Waals surface area contributed by atoms with E-state index in [0.717, 1.165) is 35.1 Å². The number of halogens is 1. The number of ether oxygens (including phenoxy) is 1. The molecule has 0 aliphatic carbocycles. The highest BCUT2D eigenvalue weighted by atomic mass is 35.5. The van der Waals surface area contributed by atoms with Crippen LogP contribution < -0.4 is 10.1 Å². The lowest BCUT2D eigenvalue weighted by Gasteiger charge is -2.12. The fourth-order valence-electron chi connectivity index (χ4n) is 2.11. The minimum absolute atomic E-state index is 0.414. The summed E-state index contributed by atoms with van der Waals surface area (Å²) < 4.78 is 7.90. The van der Waals surface area contributed by atoms with Crippen molar-refractivity contribution in [3.63, 3.8) is 0 Å². The zero-order chi connectivity index (χ0) is 14.7. The minimum atomic E-state index is 0.414. The van der Waals surface area contributed by atoms with E-state index in [2.05, 4.69) is 17.2 Å². The number of fused-ring (bicyclic) bond motifs is 1. The molecule has 2 aromatic heterocycles. The van der Waals surface area contributed by atoms with Gasteiger partial charge >= 0.3 is 0 Å². The van der Waals surface area contributed by atoms with E-state index in [4.69, 9.17) is 16.3 Å². The third kappa shape index (κ3) is 3.20. The van der Waals surface area contributed by atoms with Crippen LogP contribution in [0.25, 0.3) is 4.96 Å². The lowest BCUT2D eigenvalue weighted by Crippen LogP contribution is -2.13. The summed E-state index contributed by atoms with van der Waals surface area (Å²) in [6.07, 6.45) is 3.97. The molecule has 1 N–H and O–H groups in total. The molecule has 2 heterocycles. The van der Waals surface area contributed by atoms with Gasteiger partial charge in [-0.15, -0.1) is 11.3 Å². The molecule has 3 rings (SSSR count). The topological polar surface area (TPSA) is 38.6 Å². The molecular formula is C15H16ClN3OS. The predicted molar refractivity (Wildman–Crippen MR) is 86.2 cm³/mol. The lowest BCUT2D eigenvalue weighted by atomic mass is 10.2. The largest absolute Gasteiger partial charge is 0.485 e. The third-order valence-electron chi connectivity index (χ3n) is 3.12. The number of nitrogens with one attached hydrogen (secondary N) is 1. The predicted octanol–water partition coefficient (Wildman–Crippen LogP) is 3.74. The Morgan fingerprint density at radius 3 is 3.14 bits per heavy atom. The van der Waals surface area contributed by atoms with Crippen LogP contribution >= 0.6 is 22.9 Å². The molecule has 0 saturated heterocycles. The van der Waals surface area contributed by atoms with Gasteiger partial charge in [0.2, 0.25) is 0 Å². The Balaban J connectivity index is 1.75. The van der Waals surface area contributed by atoms with Crippen LogP contribution in [0, 0.1) is 0 Å². The average Bonchev–Trinajstić information content (AvgIpc) is 3.05. The van der Waals surface area contributed by atoms with Crippen LogP contribution in [0.3, 0.4) is 0 Å². The van der Waals surface area contributed by atoms with E-state index < -0.39 is 0 Å². The summed E-state index contributed by atoms with van der Waals surface area (Å²) in [6.45, 7) is 4.13. The molecule has 0 unspecified atom stereocenters. The molecule has 21 heavy (non-hydrogen) atoms. The second kappa shape index (κ2) is 6.47. The van der Waals surface area contributed by atoms with Crippen molar-refractivity contribution in [3.05, 3.63) is 52.3 Å². The maximum Gasteiger partial charge on any atom is 0.193 e. The number of thiazole rings is 1. The highest BCUT2D eigenvalue weighted by Gasteiger charge is 2.10. The zero-order valence-corrected chi connectivity index (χ0v) is 13.2. The van der Waals surface area contributed by atoms with Crippen molar-refractivity contribution in [1.29, 1.82) is 0 Å². The Morgan fingerprint density at radius 1 is 1.43 bits per heavy atom.